The summed E-state index contributed by atoms with van der Waals surface area (Å²) in [5, 5.41) is 15.5. The van der Waals surface area contributed by atoms with Crippen LogP contribution in [0, 0.1) is 10.1 Å². The summed E-state index contributed by atoms with van der Waals surface area (Å²) in [5.74, 6) is 0. The molecule has 3 aromatic rings. The highest BCUT2D eigenvalue weighted by atomic mass is 16.6. The van der Waals surface area contributed by atoms with Gasteiger partial charge in [0.2, 0.25) is 0 Å². The molecular weight excluding hydrogens is 296 g/mol. The standard InChI is InChI=1S/C16H12N4O3/c21-16-12(9-11-3-1-2-4-15(11)18-16)10-17-19-13-5-7-14(8-6-13)20(22)23/h1-10,19H,(H,18,21)/b17-10+. The van der Waals surface area contributed by atoms with E-state index in [4.69, 9.17) is 0 Å². The Morgan fingerprint density at radius 3 is 2.61 bits per heavy atom. The van der Waals surface area contributed by atoms with E-state index < -0.39 is 4.92 Å². The van der Waals surface area contributed by atoms with Crippen LogP contribution in [-0.2, 0) is 0 Å². The molecule has 7 nitrogen and oxygen atoms in total. The predicted octanol–water partition coefficient (Wildman–Crippen LogP) is 2.88. The summed E-state index contributed by atoms with van der Waals surface area (Å²) in [5.41, 5.74) is 4.26. The van der Waals surface area contributed by atoms with Gasteiger partial charge in [-0.1, -0.05) is 18.2 Å². The zero-order valence-corrected chi connectivity index (χ0v) is 11.9. The molecule has 0 aliphatic carbocycles. The van der Waals surface area contributed by atoms with E-state index in [1.165, 1.54) is 18.3 Å². The van der Waals surface area contributed by atoms with Crippen LogP contribution in [-0.4, -0.2) is 16.1 Å². The molecule has 0 saturated heterocycles. The van der Waals surface area contributed by atoms with Crippen molar-refractivity contribution in [3.8, 4) is 0 Å². The lowest BCUT2D eigenvalue weighted by Gasteiger charge is -2.00. The fourth-order valence-corrected chi connectivity index (χ4v) is 2.09. The van der Waals surface area contributed by atoms with Gasteiger partial charge in [-0.25, -0.2) is 0 Å². The van der Waals surface area contributed by atoms with E-state index in [1.807, 2.05) is 24.3 Å². The number of non-ortho nitro benzene ring substituents is 1. The fraction of sp³-hybridized carbons (Fsp3) is 0. The number of H-pyrrole nitrogens is 1. The number of rotatable bonds is 4. The van der Waals surface area contributed by atoms with Gasteiger partial charge in [0.05, 0.1) is 22.4 Å². The highest BCUT2D eigenvalue weighted by Gasteiger charge is 2.03. The maximum Gasteiger partial charge on any atom is 0.269 e. The average molecular weight is 308 g/mol. The second-order valence-electron chi connectivity index (χ2n) is 4.82. The van der Waals surface area contributed by atoms with Crippen molar-refractivity contribution in [1.82, 2.24) is 4.98 Å². The quantitative estimate of drug-likeness (QED) is 0.439. The van der Waals surface area contributed by atoms with Crippen LogP contribution < -0.4 is 11.0 Å². The Labute approximate surface area is 130 Å². The number of pyridine rings is 1. The van der Waals surface area contributed by atoms with Crippen molar-refractivity contribution in [3.63, 3.8) is 0 Å². The number of fused-ring (bicyclic) bond motifs is 1. The predicted molar refractivity (Wildman–Crippen MR) is 88.9 cm³/mol. The maximum atomic E-state index is 11.9. The monoisotopic (exact) mass is 308 g/mol. The lowest BCUT2D eigenvalue weighted by molar-refractivity contribution is -0.384. The van der Waals surface area contributed by atoms with Gasteiger partial charge in [-0.15, -0.1) is 0 Å². The zero-order valence-electron chi connectivity index (χ0n) is 11.9. The number of aromatic amines is 1. The van der Waals surface area contributed by atoms with Gasteiger partial charge in [0.15, 0.2) is 0 Å². The van der Waals surface area contributed by atoms with Crippen molar-refractivity contribution in [2.24, 2.45) is 5.10 Å². The van der Waals surface area contributed by atoms with Crippen LogP contribution in [0.5, 0.6) is 0 Å². The number of aromatic nitrogens is 1. The first-order valence-corrected chi connectivity index (χ1v) is 6.79. The minimum Gasteiger partial charge on any atom is -0.321 e. The molecule has 0 saturated carbocycles. The molecular formula is C16H12N4O3. The lowest BCUT2D eigenvalue weighted by atomic mass is 10.2. The summed E-state index contributed by atoms with van der Waals surface area (Å²) < 4.78 is 0. The summed E-state index contributed by atoms with van der Waals surface area (Å²) in [4.78, 5) is 24.8. The van der Waals surface area contributed by atoms with Gasteiger partial charge in [0.1, 0.15) is 0 Å². The lowest BCUT2D eigenvalue weighted by Crippen LogP contribution is -2.12. The van der Waals surface area contributed by atoms with E-state index in [-0.39, 0.29) is 11.2 Å². The topological polar surface area (TPSA) is 100 Å². The molecule has 0 radical (unpaired) electrons. The molecule has 0 spiro atoms. The molecule has 2 N–H and O–H groups in total. The van der Waals surface area contributed by atoms with Gasteiger partial charge < -0.3 is 4.98 Å². The molecule has 0 fully saturated rings. The number of para-hydroxylation sites is 1. The maximum absolute atomic E-state index is 11.9. The SMILES string of the molecule is O=c1[nH]c2ccccc2cc1/C=N/Nc1ccc([N+](=O)[O-])cc1. The number of hydrazone groups is 1. The minimum atomic E-state index is -0.471. The molecule has 0 unspecified atom stereocenters. The second kappa shape index (κ2) is 6.10. The van der Waals surface area contributed by atoms with Crippen LogP contribution in [0.4, 0.5) is 11.4 Å². The van der Waals surface area contributed by atoms with Crippen molar-refractivity contribution in [1.29, 1.82) is 0 Å². The number of hydrogen-bond donors (Lipinski definition) is 2. The Hall–Kier alpha value is -3.48. The van der Waals surface area contributed by atoms with Gasteiger partial charge in [-0.2, -0.15) is 5.10 Å². The number of nitro groups is 1. The summed E-state index contributed by atoms with van der Waals surface area (Å²) in [6.45, 7) is 0. The smallest absolute Gasteiger partial charge is 0.269 e. The van der Waals surface area contributed by atoms with E-state index in [9.17, 15) is 14.9 Å². The number of anilines is 1. The van der Waals surface area contributed by atoms with Gasteiger partial charge >= 0.3 is 0 Å². The van der Waals surface area contributed by atoms with Crippen molar-refractivity contribution in [2.45, 2.75) is 0 Å². The molecule has 2 aromatic carbocycles. The van der Waals surface area contributed by atoms with Gasteiger partial charge in [-0.05, 0) is 29.7 Å². The van der Waals surface area contributed by atoms with Crippen LogP contribution in [0.25, 0.3) is 10.9 Å². The van der Waals surface area contributed by atoms with E-state index in [0.29, 0.717) is 11.3 Å². The molecule has 3 rings (SSSR count). The molecule has 0 aliphatic heterocycles. The van der Waals surface area contributed by atoms with Gasteiger partial charge in [-0.3, -0.25) is 20.3 Å². The van der Waals surface area contributed by atoms with Crippen molar-refractivity contribution < 1.29 is 4.92 Å². The van der Waals surface area contributed by atoms with E-state index in [1.54, 1.807) is 18.2 Å². The normalized spacial score (nSPS) is 11.0. The molecule has 0 atom stereocenters. The van der Waals surface area contributed by atoms with Crippen LogP contribution in [0.1, 0.15) is 5.56 Å². The molecule has 0 bridgehead atoms. The van der Waals surface area contributed by atoms with E-state index >= 15 is 0 Å². The largest absolute Gasteiger partial charge is 0.321 e. The first-order chi connectivity index (χ1) is 11.1. The fourth-order valence-electron chi connectivity index (χ4n) is 2.09. The van der Waals surface area contributed by atoms with Crippen molar-refractivity contribution in [3.05, 3.63) is 80.6 Å². The molecule has 1 aromatic heterocycles. The molecule has 0 amide bonds. The zero-order chi connectivity index (χ0) is 16.2. The first-order valence-electron chi connectivity index (χ1n) is 6.79. The van der Waals surface area contributed by atoms with Crippen LogP contribution in [0.3, 0.4) is 0 Å². The van der Waals surface area contributed by atoms with E-state index in [0.717, 1.165) is 10.9 Å². The third-order valence-electron chi connectivity index (χ3n) is 3.26. The second-order valence-corrected chi connectivity index (χ2v) is 4.82. The molecule has 23 heavy (non-hydrogen) atoms. The molecule has 114 valence electrons. The van der Waals surface area contributed by atoms with Gasteiger partial charge in [0, 0.05) is 17.6 Å². The van der Waals surface area contributed by atoms with Crippen molar-refractivity contribution >= 4 is 28.5 Å². The number of hydrogen-bond acceptors (Lipinski definition) is 5. The molecule has 0 aliphatic rings. The third kappa shape index (κ3) is 3.24. The van der Waals surface area contributed by atoms with Crippen LogP contribution in [0.2, 0.25) is 0 Å². The first kappa shape index (κ1) is 14.5. The minimum absolute atomic E-state index is 0.00510. The molecule has 7 heteroatoms. The Morgan fingerprint density at radius 2 is 1.87 bits per heavy atom. The Balaban J connectivity index is 1.79. The van der Waals surface area contributed by atoms with Crippen LogP contribution >= 0.6 is 0 Å². The average Bonchev–Trinajstić information content (AvgIpc) is 2.56. The number of nitrogens with one attached hydrogen (secondary N) is 2. The van der Waals surface area contributed by atoms with Crippen LogP contribution in [0.15, 0.2) is 64.5 Å². The Kier molecular flexibility index (Phi) is 3.84. The molecule has 1 heterocycles. The Morgan fingerprint density at radius 1 is 1.13 bits per heavy atom. The van der Waals surface area contributed by atoms with Crippen molar-refractivity contribution in [2.75, 3.05) is 5.43 Å². The third-order valence-corrected chi connectivity index (χ3v) is 3.26. The van der Waals surface area contributed by atoms with Gasteiger partial charge in [0.25, 0.3) is 11.2 Å². The van der Waals surface area contributed by atoms with E-state index in [2.05, 4.69) is 15.5 Å². The number of nitro benzene ring substituents is 1. The Bertz CT molecular complexity index is 945. The highest BCUT2D eigenvalue weighted by Crippen LogP contribution is 2.15. The number of nitrogens with zero attached hydrogens (tertiary/aromatic N) is 2. The summed E-state index contributed by atoms with van der Waals surface area (Å²) in [7, 11) is 0. The summed E-state index contributed by atoms with van der Waals surface area (Å²) >= 11 is 0. The summed E-state index contributed by atoms with van der Waals surface area (Å²) in [6.07, 6.45) is 1.41. The highest BCUT2D eigenvalue weighted by molar-refractivity contribution is 5.87. The summed E-state index contributed by atoms with van der Waals surface area (Å²) in [6, 6.07) is 15.0. The number of benzene rings is 2.